The first-order valence-electron chi connectivity index (χ1n) is 8.41. The molecule has 1 fully saturated rings. The molecule has 0 radical (unpaired) electrons. The summed E-state index contributed by atoms with van der Waals surface area (Å²) in [6.45, 7) is 6.31. The van der Waals surface area contributed by atoms with E-state index in [0.717, 1.165) is 43.6 Å². The Bertz CT molecular complexity index is 559. The van der Waals surface area contributed by atoms with Gasteiger partial charge in [-0.15, -0.1) is 0 Å². The highest BCUT2D eigenvalue weighted by atomic mass is 16.2. The number of para-hydroxylation sites is 1. The van der Waals surface area contributed by atoms with E-state index < -0.39 is 0 Å². The highest BCUT2D eigenvalue weighted by Crippen LogP contribution is 2.22. The van der Waals surface area contributed by atoms with Gasteiger partial charge in [0, 0.05) is 24.7 Å². The fourth-order valence-electron chi connectivity index (χ4n) is 2.89. The lowest BCUT2D eigenvalue weighted by molar-refractivity contribution is -0.123. The molecule has 23 heavy (non-hydrogen) atoms. The van der Waals surface area contributed by atoms with Crippen molar-refractivity contribution in [1.29, 1.82) is 0 Å². The molecule has 1 aliphatic rings. The molecule has 0 aromatic heterocycles. The summed E-state index contributed by atoms with van der Waals surface area (Å²) in [6, 6.07) is 7.87. The molecule has 2 atom stereocenters. The van der Waals surface area contributed by atoms with E-state index in [1.165, 1.54) is 0 Å². The van der Waals surface area contributed by atoms with E-state index in [9.17, 15) is 9.59 Å². The molecule has 126 valence electrons. The Balaban J connectivity index is 2.05. The summed E-state index contributed by atoms with van der Waals surface area (Å²) in [5.41, 5.74) is 7.38. The fraction of sp³-hybridized carbons (Fsp3) is 0.556. The molecule has 5 heteroatoms. The van der Waals surface area contributed by atoms with Gasteiger partial charge in [-0.1, -0.05) is 32.0 Å². The summed E-state index contributed by atoms with van der Waals surface area (Å²) >= 11 is 0. The number of rotatable bonds is 6. The van der Waals surface area contributed by atoms with Gasteiger partial charge in [-0.3, -0.25) is 14.5 Å². The van der Waals surface area contributed by atoms with Crippen LogP contribution in [0.1, 0.15) is 38.7 Å². The minimum Gasteiger partial charge on any atom is -0.369 e. The number of likely N-dealkylation sites (tertiary alicyclic amines) is 1. The van der Waals surface area contributed by atoms with E-state index in [4.69, 9.17) is 5.73 Å². The topological polar surface area (TPSA) is 75.4 Å². The van der Waals surface area contributed by atoms with Gasteiger partial charge in [0.1, 0.15) is 0 Å². The van der Waals surface area contributed by atoms with Crippen molar-refractivity contribution in [2.24, 2.45) is 17.6 Å². The maximum Gasteiger partial charge on any atom is 0.227 e. The van der Waals surface area contributed by atoms with Gasteiger partial charge >= 0.3 is 0 Å². The van der Waals surface area contributed by atoms with E-state index in [-0.39, 0.29) is 23.7 Å². The number of carbonyl (C=O) groups is 2. The van der Waals surface area contributed by atoms with Gasteiger partial charge < -0.3 is 11.1 Å². The van der Waals surface area contributed by atoms with Crippen LogP contribution in [0.5, 0.6) is 0 Å². The highest BCUT2D eigenvalue weighted by Gasteiger charge is 2.24. The quantitative estimate of drug-likeness (QED) is 0.846. The van der Waals surface area contributed by atoms with Crippen molar-refractivity contribution in [2.75, 3.05) is 18.4 Å². The van der Waals surface area contributed by atoms with Crippen LogP contribution in [-0.2, 0) is 16.1 Å². The normalized spacial score (nSPS) is 20.0. The average molecular weight is 317 g/mol. The Hall–Kier alpha value is -1.88. The molecule has 1 heterocycles. The lowest BCUT2D eigenvalue weighted by atomic mass is 9.97. The van der Waals surface area contributed by atoms with Crippen molar-refractivity contribution in [1.82, 2.24) is 4.90 Å². The number of piperidine rings is 1. The first kappa shape index (κ1) is 17.5. The molecule has 2 rings (SSSR count). The number of nitrogens with zero attached hydrogens (tertiary/aromatic N) is 1. The van der Waals surface area contributed by atoms with Crippen LogP contribution in [0.15, 0.2) is 24.3 Å². The van der Waals surface area contributed by atoms with E-state index in [1.54, 1.807) is 0 Å². The molecule has 0 bridgehead atoms. The minimum atomic E-state index is -0.215. The third-order valence-corrected chi connectivity index (χ3v) is 4.64. The Morgan fingerprint density at radius 2 is 2.13 bits per heavy atom. The van der Waals surface area contributed by atoms with Crippen molar-refractivity contribution < 1.29 is 9.59 Å². The van der Waals surface area contributed by atoms with Crippen LogP contribution >= 0.6 is 0 Å². The third kappa shape index (κ3) is 4.79. The lowest BCUT2D eigenvalue weighted by Gasteiger charge is -2.31. The molecule has 3 N–H and O–H groups in total. The van der Waals surface area contributed by atoms with Gasteiger partial charge in [0.25, 0.3) is 0 Å². The second-order valence-corrected chi connectivity index (χ2v) is 6.43. The van der Waals surface area contributed by atoms with Crippen molar-refractivity contribution in [2.45, 2.75) is 39.7 Å². The minimum absolute atomic E-state index is 0.00251. The molecule has 0 spiro atoms. The Morgan fingerprint density at radius 1 is 1.39 bits per heavy atom. The van der Waals surface area contributed by atoms with E-state index in [2.05, 4.69) is 10.2 Å². The van der Waals surface area contributed by atoms with Gasteiger partial charge in [0.05, 0.1) is 5.92 Å². The molecule has 1 aliphatic heterocycles. The van der Waals surface area contributed by atoms with Crippen LogP contribution in [-0.4, -0.2) is 29.8 Å². The molecule has 5 nitrogen and oxygen atoms in total. The predicted octanol–water partition coefficient (Wildman–Crippen LogP) is 2.37. The summed E-state index contributed by atoms with van der Waals surface area (Å²) in [5, 5.41) is 3.03. The Labute approximate surface area is 138 Å². The van der Waals surface area contributed by atoms with Crippen LogP contribution in [0.2, 0.25) is 0 Å². The summed E-state index contributed by atoms with van der Waals surface area (Å²) in [7, 11) is 0. The standard InChI is InChI=1S/C18H27N3O2/c1-3-13(2)18(23)20-16-9-5-4-7-14(16)11-21-10-6-8-15(12-21)17(19)22/h4-5,7,9,13,15H,3,6,8,10-12H2,1-2H3,(H2,19,22)(H,20,23)/t13-,15-/m0/s1. The largest absolute Gasteiger partial charge is 0.369 e. The second kappa shape index (κ2) is 8.11. The lowest BCUT2D eigenvalue weighted by Crippen LogP contribution is -2.40. The first-order valence-corrected chi connectivity index (χ1v) is 8.41. The van der Waals surface area contributed by atoms with Crippen molar-refractivity contribution >= 4 is 17.5 Å². The molecular formula is C18H27N3O2. The van der Waals surface area contributed by atoms with Gasteiger partial charge in [0.2, 0.25) is 11.8 Å². The van der Waals surface area contributed by atoms with E-state index in [0.29, 0.717) is 6.54 Å². The zero-order chi connectivity index (χ0) is 16.8. The molecular weight excluding hydrogens is 290 g/mol. The molecule has 0 unspecified atom stereocenters. The number of primary amides is 1. The average Bonchev–Trinajstić information content (AvgIpc) is 2.56. The molecule has 1 aromatic carbocycles. The van der Waals surface area contributed by atoms with Gasteiger partial charge in [-0.05, 0) is 37.4 Å². The Morgan fingerprint density at radius 3 is 2.83 bits per heavy atom. The Kier molecular flexibility index (Phi) is 6.16. The van der Waals surface area contributed by atoms with Crippen LogP contribution < -0.4 is 11.1 Å². The summed E-state index contributed by atoms with van der Waals surface area (Å²) in [6.07, 6.45) is 2.67. The molecule has 1 aromatic rings. The molecule has 2 amide bonds. The van der Waals surface area contributed by atoms with Crippen LogP contribution in [0, 0.1) is 11.8 Å². The SMILES string of the molecule is CC[C@H](C)C(=O)Nc1ccccc1CN1CCC[C@H](C(N)=O)C1. The maximum atomic E-state index is 12.1. The van der Waals surface area contributed by atoms with Crippen LogP contribution in [0.25, 0.3) is 0 Å². The number of nitrogens with two attached hydrogens (primary N) is 1. The second-order valence-electron chi connectivity index (χ2n) is 6.43. The van der Waals surface area contributed by atoms with E-state index >= 15 is 0 Å². The zero-order valence-electron chi connectivity index (χ0n) is 14.0. The van der Waals surface area contributed by atoms with Crippen LogP contribution in [0.3, 0.4) is 0 Å². The van der Waals surface area contributed by atoms with Crippen molar-refractivity contribution in [3.63, 3.8) is 0 Å². The number of amides is 2. The summed E-state index contributed by atoms with van der Waals surface area (Å²) < 4.78 is 0. The number of hydrogen-bond donors (Lipinski definition) is 2. The van der Waals surface area contributed by atoms with Crippen molar-refractivity contribution in [3.8, 4) is 0 Å². The molecule has 0 saturated carbocycles. The predicted molar refractivity (Wildman–Crippen MR) is 91.7 cm³/mol. The van der Waals surface area contributed by atoms with Gasteiger partial charge in [-0.25, -0.2) is 0 Å². The molecule has 0 aliphatic carbocycles. The number of nitrogens with one attached hydrogen (secondary N) is 1. The zero-order valence-corrected chi connectivity index (χ0v) is 14.0. The molecule has 1 saturated heterocycles. The number of carbonyl (C=O) groups excluding carboxylic acids is 2. The van der Waals surface area contributed by atoms with Gasteiger partial charge in [-0.2, -0.15) is 0 Å². The fourth-order valence-corrected chi connectivity index (χ4v) is 2.89. The smallest absolute Gasteiger partial charge is 0.227 e. The third-order valence-electron chi connectivity index (χ3n) is 4.64. The van der Waals surface area contributed by atoms with Crippen LogP contribution in [0.4, 0.5) is 5.69 Å². The first-order chi connectivity index (χ1) is 11.0. The van der Waals surface area contributed by atoms with E-state index in [1.807, 2.05) is 38.1 Å². The number of benzene rings is 1. The van der Waals surface area contributed by atoms with Gasteiger partial charge in [0.15, 0.2) is 0 Å². The number of anilines is 1. The summed E-state index contributed by atoms with van der Waals surface area (Å²) in [5.74, 6) is -0.232. The monoisotopic (exact) mass is 317 g/mol. The van der Waals surface area contributed by atoms with Crippen molar-refractivity contribution in [3.05, 3.63) is 29.8 Å². The summed E-state index contributed by atoms with van der Waals surface area (Å²) in [4.78, 5) is 25.8. The maximum absolute atomic E-state index is 12.1. The number of hydrogen-bond acceptors (Lipinski definition) is 3. The highest BCUT2D eigenvalue weighted by molar-refractivity contribution is 5.93.